The summed E-state index contributed by atoms with van der Waals surface area (Å²) in [7, 11) is -11.3. The standard InChI is InChI=1S/C10H14FNO6S3/c1-12(6-7-19(2,13)14)21(17,18)10-5-3-4-9(8-10)20(11,15)16/h3-5,8H,6-7H2,1-2H3. The Hall–Kier alpha value is -1.04. The van der Waals surface area contributed by atoms with Crippen LogP contribution in [0.2, 0.25) is 0 Å². The molecule has 1 aromatic carbocycles. The first-order valence-electron chi connectivity index (χ1n) is 5.53. The molecule has 0 saturated carbocycles. The summed E-state index contributed by atoms with van der Waals surface area (Å²) in [6, 6.07) is 3.79. The molecule has 7 nitrogen and oxygen atoms in total. The van der Waals surface area contributed by atoms with Gasteiger partial charge in [-0.25, -0.2) is 16.8 Å². The third-order valence-electron chi connectivity index (χ3n) is 2.57. The molecule has 1 aromatic rings. The summed E-state index contributed by atoms with van der Waals surface area (Å²) in [5, 5.41) is 0. The van der Waals surface area contributed by atoms with Gasteiger partial charge in [0, 0.05) is 19.8 Å². The highest BCUT2D eigenvalue weighted by molar-refractivity contribution is 7.91. The van der Waals surface area contributed by atoms with Gasteiger partial charge in [0.25, 0.3) is 0 Å². The second kappa shape index (κ2) is 5.99. The van der Waals surface area contributed by atoms with E-state index in [-0.39, 0.29) is 12.3 Å². The number of sulfonamides is 1. The molecule has 0 spiro atoms. The molecule has 0 atom stereocenters. The molecule has 0 bridgehead atoms. The van der Waals surface area contributed by atoms with E-state index in [9.17, 15) is 29.1 Å². The molecule has 11 heteroatoms. The topological polar surface area (TPSA) is 106 Å². The Bertz CT molecular complexity index is 829. The van der Waals surface area contributed by atoms with Crippen molar-refractivity contribution in [2.45, 2.75) is 9.79 Å². The molecule has 0 aromatic heterocycles. The van der Waals surface area contributed by atoms with Gasteiger partial charge in [0.05, 0.1) is 15.5 Å². The smallest absolute Gasteiger partial charge is 0.229 e. The van der Waals surface area contributed by atoms with Gasteiger partial charge in [-0.15, -0.1) is 3.89 Å². The van der Waals surface area contributed by atoms with Crippen LogP contribution in [-0.2, 0) is 30.1 Å². The van der Waals surface area contributed by atoms with E-state index >= 15 is 0 Å². The second-order valence-electron chi connectivity index (χ2n) is 4.37. The highest BCUT2D eigenvalue weighted by Crippen LogP contribution is 2.20. The molecule has 0 fully saturated rings. The highest BCUT2D eigenvalue weighted by Gasteiger charge is 2.24. The zero-order chi connectivity index (χ0) is 16.5. The zero-order valence-electron chi connectivity index (χ0n) is 11.2. The minimum Gasteiger partial charge on any atom is -0.229 e. The van der Waals surface area contributed by atoms with Crippen molar-refractivity contribution in [1.82, 2.24) is 4.31 Å². The molecule has 120 valence electrons. The van der Waals surface area contributed by atoms with Crippen molar-refractivity contribution < 1.29 is 29.1 Å². The maximum atomic E-state index is 12.9. The molecule has 0 N–H and O–H groups in total. The average molecular weight is 359 g/mol. The van der Waals surface area contributed by atoms with Crippen LogP contribution >= 0.6 is 0 Å². The van der Waals surface area contributed by atoms with Gasteiger partial charge in [0.1, 0.15) is 9.84 Å². The van der Waals surface area contributed by atoms with Gasteiger partial charge in [-0.3, -0.25) is 0 Å². The molecule has 21 heavy (non-hydrogen) atoms. The molecule has 1 rings (SSSR count). The lowest BCUT2D eigenvalue weighted by Gasteiger charge is -2.16. The number of nitrogens with zero attached hydrogens (tertiary/aromatic N) is 1. The maximum Gasteiger partial charge on any atom is 0.332 e. The van der Waals surface area contributed by atoms with Crippen molar-refractivity contribution in [3.8, 4) is 0 Å². The summed E-state index contributed by atoms with van der Waals surface area (Å²) in [6.45, 7) is -0.298. The fourth-order valence-corrected chi connectivity index (χ4v) is 3.90. The molecular weight excluding hydrogens is 345 g/mol. The number of benzene rings is 1. The lowest BCUT2D eigenvalue weighted by atomic mass is 10.4. The van der Waals surface area contributed by atoms with Gasteiger partial charge in [-0.05, 0) is 18.2 Å². The summed E-state index contributed by atoms with van der Waals surface area (Å²) in [6.07, 6.45) is 0.962. The van der Waals surface area contributed by atoms with Crippen LogP contribution in [0.1, 0.15) is 0 Å². The Morgan fingerprint density at radius 1 is 1.05 bits per heavy atom. The van der Waals surface area contributed by atoms with Crippen LogP contribution in [-0.4, -0.2) is 55.2 Å². The van der Waals surface area contributed by atoms with Crippen molar-refractivity contribution >= 4 is 30.1 Å². The van der Waals surface area contributed by atoms with Crippen molar-refractivity contribution in [3.63, 3.8) is 0 Å². The number of hydrogen-bond donors (Lipinski definition) is 0. The van der Waals surface area contributed by atoms with Crippen molar-refractivity contribution in [2.24, 2.45) is 0 Å². The molecule has 0 radical (unpaired) electrons. The Labute approximate surface area is 123 Å². The Morgan fingerprint density at radius 3 is 2.05 bits per heavy atom. The number of halogens is 1. The minimum absolute atomic E-state index is 0.298. The predicted octanol–water partition coefficient (Wildman–Crippen LogP) is 0.00990. The van der Waals surface area contributed by atoms with Crippen LogP contribution in [0.25, 0.3) is 0 Å². The van der Waals surface area contributed by atoms with E-state index in [0.29, 0.717) is 6.07 Å². The lowest BCUT2D eigenvalue weighted by Crippen LogP contribution is -2.31. The maximum absolute atomic E-state index is 12.9. The van der Waals surface area contributed by atoms with E-state index in [1.165, 1.54) is 0 Å². The third kappa shape index (κ3) is 5.02. The molecule has 0 heterocycles. The van der Waals surface area contributed by atoms with Crippen molar-refractivity contribution in [1.29, 1.82) is 0 Å². The van der Waals surface area contributed by atoms with Crippen molar-refractivity contribution in [3.05, 3.63) is 24.3 Å². The normalized spacial score (nSPS) is 13.5. The van der Waals surface area contributed by atoms with E-state index in [0.717, 1.165) is 35.8 Å². The van der Waals surface area contributed by atoms with E-state index in [4.69, 9.17) is 0 Å². The van der Waals surface area contributed by atoms with Gasteiger partial charge in [0.15, 0.2) is 0 Å². The highest BCUT2D eigenvalue weighted by atomic mass is 32.3. The molecule has 0 unspecified atom stereocenters. The predicted molar refractivity (Wildman–Crippen MR) is 74.3 cm³/mol. The second-order valence-corrected chi connectivity index (χ2v) is 10.0. The van der Waals surface area contributed by atoms with Gasteiger partial charge >= 0.3 is 10.2 Å². The Kier molecular flexibility index (Phi) is 5.13. The number of hydrogen-bond acceptors (Lipinski definition) is 6. The first-order valence-corrected chi connectivity index (χ1v) is 10.4. The third-order valence-corrected chi connectivity index (χ3v) is 6.17. The quantitative estimate of drug-likeness (QED) is 0.663. The van der Waals surface area contributed by atoms with Crippen LogP contribution in [0.4, 0.5) is 3.89 Å². The fraction of sp³-hybridized carbons (Fsp3) is 0.400. The first kappa shape index (κ1) is 18.0. The van der Waals surface area contributed by atoms with E-state index in [2.05, 4.69) is 0 Å². The fourth-order valence-electron chi connectivity index (χ4n) is 1.38. The summed E-state index contributed by atoms with van der Waals surface area (Å²) in [5.74, 6) is -0.385. The van der Waals surface area contributed by atoms with Crippen LogP contribution in [0, 0.1) is 0 Å². The Balaban J connectivity index is 3.14. The monoisotopic (exact) mass is 359 g/mol. The van der Waals surface area contributed by atoms with Gasteiger partial charge in [-0.2, -0.15) is 12.7 Å². The first-order chi connectivity index (χ1) is 9.34. The summed E-state index contributed by atoms with van der Waals surface area (Å²) in [4.78, 5) is -1.21. The minimum atomic E-state index is -5.03. The van der Waals surface area contributed by atoms with Crippen molar-refractivity contribution in [2.75, 3.05) is 25.6 Å². The lowest BCUT2D eigenvalue weighted by molar-refractivity contribution is 0.484. The average Bonchev–Trinajstić information content (AvgIpc) is 2.34. The molecule has 0 amide bonds. The van der Waals surface area contributed by atoms with E-state index in [1.807, 2.05) is 0 Å². The number of sulfone groups is 1. The molecule has 0 aliphatic heterocycles. The number of rotatable bonds is 6. The van der Waals surface area contributed by atoms with Gasteiger partial charge < -0.3 is 0 Å². The SMILES string of the molecule is CN(CCS(C)(=O)=O)S(=O)(=O)c1cccc(S(=O)(=O)F)c1. The molecule has 0 aliphatic rings. The zero-order valence-corrected chi connectivity index (χ0v) is 13.7. The van der Waals surface area contributed by atoms with E-state index in [1.54, 1.807) is 0 Å². The molecular formula is C10H14FNO6S3. The van der Waals surface area contributed by atoms with Crippen LogP contribution in [0.3, 0.4) is 0 Å². The van der Waals surface area contributed by atoms with Crippen LogP contribution in [0.5, 0.6) is 0 Å². The summed E-state index contributed by atoms with van der Waals surface area (Å²) in [5.41, 5.74) is 0. The van der Waals surface area contributed by atoms with Crippen LogP contribution < -0.4 is 0 Å². The molecule has 0 aliphatic carbocycles. The molecule has 0 saturated heterocycles. The van der Waals surface area contributed by atoms with Gasteiger partial charge in [-0.1, -0.05) is 6.07 Å². The Morgan fingerprint density at radius 2 is 1.57 bits per heavy atom. The van der Waals surface area contributed by atoms with E-state index < -0.39 is 39.9 Å². The van der Waals surface area contributed by atoms with Gasteiger partial charge in [0.2, 0.25) is 10.0 Å². The summed E-state index contributed by atoms with van der Waals surface area (Å²) < 4.78 is 81.6. The summed E-state index contributed by atoms with van der Waals surface area (Å²) >= 11 is 0. The largest absolute Gasteiger partial charge is 0.332 e. The van der Waals surface area contributed by atoms with Crippen LogP contribution in [0.15, 0.2) is 34.1 Å².